The molecule has 3 rings (SSSR count). The van der Waals surface area contributed by atoms with Crippen LogP contribution in [0.4, 0.5) is 0 Å². The Balaban J connectivity index is 1.68. The summed E-state index contributed by atoms with van der Waals surface area (Å²) in [4.78, 5) is 20.8. The highest BCUT2D eigenvalue weighted by Crippen LogP contribution is 2.24. The predicted molar refractivity (Wildman–Crippen MR) is 111 cm³/mol. The molecule has 0 aliphatic carbocycles. The van der Waals surface area contributed by atoms with Crippen LogP contribution in [0, 0.1) is 0 Å². The van der Waals surface area contributed by atoms with Gasteiger partial charge in [-0.3, -0.25) is 14.7 Å². The van der Waals surface area contributed by atoms with Gasteiger partial charge < -0.3 is 9.64 Å². The lowest BCUT2D eigenvalue weighted by atomic mass is 9.99. The number of rotatable bonds is 7. The van der Waals surface area contributed by atoms with Crippen molar-refractivity contribution in [3.8, 4) is 0 Å². The van der Waals surface area contributed by atoms with Gasteiger partial charge in [-0.15, -0.1) is 0 Å². The highest BCUT2D eigenvalue weighted by atomic mass is 32.2. The van der Waals surface area contributed by atoms with Crippen molar-refractivity contribution in [2.24, 2.45) is 0 Å². The number of amides is 1. The predicted octanol–water partition coefficient (Wildman–Crippen LogP) is 1.06. The molecule has 0 radical (unpaired) electrons. The van der Waals surface area contributed by atoms with Gasteiger partial charge in [0.05, 0.1) is 11.8 Å². The summed E-state index contributed by atoms with van der Waals surface area (Å²) < 4.78 is 31.3. The number of hydrogen-bond acceptors (Lipinski definition) is 6. The number of hydrogen-bond donors (Lipinski definition) is 0. The molecule has 2 aliphatic heterocycles. The first-order valence-electron chi connectivity index (χ1n) is 10.3. The van der Waals surface area contributed by atoms with E-state index in [4.69, 9.17) is 4.74 Å². The first kappa shape index (κ1) is 22.1. The third kappa shape index (κ3) is 5.97. The van der Waals surface area contributed by atoms with E-state index in [0.29, 0.717) is 31.2 Å². The van der Waals surface area contributed by atoms with Crippen molar-refractivity contribution in [1.82, 2.24) is 19.1 Å². The molecule has 162 valence electrons. The maximum absolute atomic E-state index is 12.7. The average molecular weight is 425 g/mol. The summed E-state index contributed by atoms with van der Waals surface area (Å²) in [6, 6.07) is 4.06. The Labute approximate surface area is 173 Å². The van der Waals surface area contributed by atoms with Crippen molar-refractivity contribution in [3.05, 3.63) is 30.1 Å². The molecular weight excluding hydrogens is 392 g/mol. The summed E-state index contributed by atoms with van der Waals surface area (Å²) >= 11 is 0. The van der Waals surface area contributed by atoms with Gasteiger partial charge in [-0.1, -0.05) is 0 Å². The Bertz CT molecular complexity index is 768. The van der Waals surface area contributed by atoms with Crippen LogP contribution in [0.1, 0.15) is 36.0 Å². The second kappa shape index (κ2) is 9.97. The Kier molecular flexibility index (Phi) is 7.61. The summed E-state index contributed by atoms with van der Waals surface area (Å²) in [6.45, 7) is 3.88. The van der Waals surface area contributed by atoms with E-state index in [1.54, 1.807) is 40.8 Å². The SMILES string of the molecule is CN(CCN(C1CCOCC1)C1CCCN(S(C)(=O)=O)C1)C(=O)c1cccnc1. The fraction of sp³-hybridized carbons (Fsp3) is 0.700. The molecule has 1 unspecified atom stereocenters. The van der Waals surface area contributed by atoms with Gasteiger partial charge in [-0.2, -0.15) is 0 Å². The molecule has 9 heteroatoms. The van der Waals surface area contributed by atoms with Gasteiger partial charge in [0.15, 0.2) is 0 Å². The molecule has 29 heavy (non-hydrogen) atoms. The summed E-state index contributed by atoms with van der Waals surface area (Å²) in [5.74, 6) is -0.0496. The van der Waals surface area contributed by atoms with E-state index in [-0.39, 0.29) is 11.9 Å². The molecule has 2 saturated heterocycles. The topological polar surface area (TPSA) is 83.0 Å². The number of aromatic nitrogens is 1. The number of sulfonamides is 1. The third-order valence-corrected chi connectivity index (χ3v) is 7.18. The number of piperidine rings is 1. The zero-order chi connectivity index (χ0) is 20.9. The zero-order valence-corrected chi connectivity index (χ0v) is 18.2. The van der Waals surface area contributed by atoms with Gasteiger partial charge in [0, 0.05) is 70.9 Å². The molecule has 1 amide bonds. The first-order valence-corrected chi connectivity index (χ1v) is 12.1. The van der Waals surface area contributed by atoms with E-state index in [1.807, 2.05) is 0 Å². The van der Waals surface area contributed by atoms with Gasteiger partial charge in [0.2, 0.25) is 10.0 Å². The highest BCUT2D eigenvalue weighted by molar-refractivity contribution is 7.88. The van der Waals surface area contributed by atoms with Gasteiger partial charge in [0.1, 0.15) is 0 Å². The summed E-state index contributed by atoms with van der Waals surface area (Å²) in [6.07, 6.45) is 8.24. The van der Waals surface area contributed by atoms with E-state index in [2.05, 4.69) is 9.88 Å². The highest BCUT2D eigenvalue weighted by Gasteiger charge is 2.34. The molecule has 8 nitrogen and oxygen atoms in total. The normalized spacial score (nSPS) is 22.0. The molecule has 0 aromatic carbocycles. The molecule has 1 atom stereocenters. The molecular formula is C20H32N4O4S. The van der Waals surface area contributed by atoms with Gasteiger partial charge in [-0.25, -0.2) is 12.7 Å². The van der Waals surface area contributed by atoms with Crippen LogP contribution in [0.2, 0.25) is 0 Å². The maximum atomic E-state index is 12.7. The van der Waals surface area contributed by atoms with E-state index >= 15 is 0 Å². The zero-order valence-electron chi connectivity index (χ0n) is 17.4. The minimum atomic E-state index is -3.19. The summed E-state index contributed by atoms with van der Waals surface area (Å²) in [5, 5.41) is 0. The summed E-state index contributed by atoms with van der Waals surface area (Å²) in [5.41, 5.74) is 0.577. The minimum absolute atomic E-state index is 0.0496. The first-order chi connectivity index (χ1) is 13.9. The van der Waals surface area contributed by atoms with Crippen molar-refractivity contribution in [2.75, 3.05) is 52.7 Å². The van der Waals surface area contributed by atoms with Crippen LogP contribution < -0.4 is 0 Å². The molecule has 0 saturated carbocycles. The Morgan fingerprint density at radius 1 is 1.24 bits per heavy atom. The standard InChI is InChI=1S/C20H32N4O4S/c1-22(20(25)17-5-3-9-21-15-17)11-12-24(18-7-13-28-14-8-18)19-6-4-10-23(16-19)29(2,26)27/h3,5,9,15,18-19H,4,6-8,10-14,16H2,1-2H3. The van der Waals surface area contributed by atoms with Crippen LogP contribution in [-0.2, 0) is 14.8 Å². The molecule has 0 N–H and O–H groups in total. The van der Waals surface area contributed by atoms with Crippen molar-refractivity contribution in [2.45, 2.75) is 37.8 Å². The van der Waals surface area contributed by atoms with Crippen LogP contribution in [0.3, 0.4) is 0 Å². The lowest BCUT2D eigenvalue weighted by Crippen LogP contribution is -2.55. The van der Waals surface area contributed by atoms with Crippen molar-refractivity contribution in [3.63, 3.8) is 0 Å². The van der Waals surface area contributed by atoms with Crippen molar-refractivity contribution in [1.29, 1.82) is 0 Å². The number of ether oxygens (including phenoxy) is 1. The van der Waals surface area contributed by atoms with Crippen LogP contribution in [-0.4, -0.2) is 98.2 Å². The van der Waals surface area contributed by atoms with Gasteiger partial charge >= 0.3 is 0 Å². The van der Waals surface area contributed by atoms with Gasteiger partial charge in [-0.05, 0) is 37.8 Å². The number of nitrogens with zero attached hydrogens (tertiary/aromatic N) is 4. The molecule has 1 aromatic rings. The fourth-order valence-corrected chi connectivity index (χ4v) is 5.15. The Hall–Kier alpha value is -1.55. The fourth-order valence-electron chi connectivity index (χ4n) is 4.25. The molecule has 3 heterocycles. The summed E-state index contributed by atoms with van der Waals surface area (Å²) in [7, 11) is -1.39. The quantitative estimate of drug-likeness (QED) is 0.651. The molecule has 2 aliphatic rings. The minimum Gasteiger partial charge on any atom is -0.381 e. The number of pyridine rings is 1. The molecule has 1 aromatic heterocycles. The molecule has 0 bridgehead atoms. The van der Waals surface area contributed by atoms with E-state index in [9.17, 15) is 13.2 Å². The van der Waals surface area contributed by atoms with E-state index in [0.717, 1.165) is 45.4 Å². The second-order valence-corrected chi connectivity index (χ2v) is 9.95. The molecule has 2 fully saturated rings. The lowest BCUT2D eigenvalue weighted by molar-refractivity contribution is 0.00319. The number of likely N-dealkylation sites (N-methyl/N-ethyl adjacent to an activating group) is 1. The van der Waals surface area contributed by atoms with E-state index in [1.165, 1.54) is 6.26 Å². The second-order valence-electron chi connectivity index (χ2n) is 7.97. The Morgan fingerprint density at radius 2 is 2.00 bits per heavy atom. The van der Waals surface area contributed by atoms with Crippen LogP contribution in [0.25, 0.3) is 0 Å². The maximum Gasteiger partial charge on any atom is 0.255 e. The van der Waals surface area contributed by atoms with Crippen LogP contribution in [0.15, 0.2) is 24.5 Å². The van der Waals surface area contributed by atoms with E-state index < -0.39 is 10.0 Å². The average Bonchev–Trinajstić information content (AvgIpc) is 2.74. The smallest absolute Gasteiger partial charge is 0.255 e. The molecule has 0 spiro atoms. The largest absolute Gasteiger partial charge is 0.381 e. The van der Waals surface area contributed by atoms with Crippen molar-refractivity contribution >= 4 is 15.9 Å². The Morgan fingerprint density at radius 3 is 2.66 bits per heavy atom. The van der Waals surface area contributed by atoms with Gasteiger partial charge in [0.25, 0.3) is 5.91 Å². The lowest BCUT2D eigenvalue weighted by Gasteiger charge is -2.44. The van der Waals surface area contributed by atoms with Crippen molar-refractivity contribution < 1.29 is 17.9 Å². The van der Waals surface area contributed by atoms with Crippen LogP contribution in [0.5, 0.6) is 0 Å². The van der Waals surface area contributed by atoms with Crippen LogP contribution >= 0.6 is 0 Å². The third-order valence-electron chi connectivity index (χ3n) is 5.91. The number of carbonyl (C=O) groups is 1. The monoisotopic (exact) mass is 424 g/mol. The number of carbonyl (C=O) groups excluding carboxylic acids is 1.